The van der Waals surface area contributed by atoms with Crippen LogP contribution in [0, 0.1) is 0 Å². The number of carbonyl (C=O) groups is 1. The maximum atomic E-state index is 12.3. The Balaban J connectivity index is 2.18. The Hall–Kier alpha value is -0.360. The van der Waals surface area contributed by atoms with Gasteiger partial charge in [0.25, 0.3) is 5.91 Å². The quantitative estimate of drug-likeness (QED) is 0.390. The van der Waals surface area contributed by atoms with Crippen molar-refractivity contribution in [1.29, 1.82) is 0 Å². The van der Waals surface area contributed by atoms with Gasteiger partial charge in [-0.3, -0.25) is 4.79 Å². The van der Waals surface area contributed by atoms with Gasteiger partial charge in [-0.05, 0) is 42.5 Å². The minimum atomic E-state index is -1.79. The molecule has 0 radical (unpaired) electrons. The van der Waals surface area contributed by atoms with Crippen LogP contribution < -0.4 is 10.6 Å². The first-order valence-corrected chi connectivity index (χ1v) is 9.20. The Labute approximate surface area is 172 Å². The third kappa shape index (κ3) is 5.58. The van der Waals surface area contributed by atoms with Crippen LogP contribution in [0.4, 0.5) is 5.69 Å². The van der Waals surface area contributed by atoms with Crippen LogP contribution >= 0.6 is 73.9 Å². The topological polar surface area (TPSA) is 41.1 Å². The monoisotopic (exact) mass is 488 g/mol. The number of nitrogens with one attached hydrogen (secondary N) is 2. The zero-order valence-corrected chi connectivity index (χ0v) is 17.2. The highest BCUT2D eigenvalue weighted by Gasteiger charge is 2.34. The van der Waals surface area contributed by atoms with E-state index in [0.29, 0.717) is 21.3 Å². The van der Waals surface area contributed by atoms with E-state index in [1.54, 1.807) is 42.5 Å². The number of carbonyl (C=O) groups excluding carboxylic acids is 1. The van der Waals surface area contributed by atoms with E-state index in [0.717, 1.165) is 4.47 Å². The number of amides is 1. The molecule has 9 heteroatoms. The number of benzene rings is 2. The van der Waals surface area contributed by atoms with Gasteiger partial charge in [0.2, 0.25) is 3.79 Å². The number of halogens is 6. The van der Waals surface area contributed by atoms with Gasteiger partial charge < -0.3 is 10.6 Å². The van der Waals surface area contributed by atoms with E-state index in [-0.39, 0.29) is 0 Å². The molecule has 0 saturated carbocycles. The molecule has 0 aliphatic heterocycles. The van der Waals surface area contributed by atoms with Crippen molar-refractivity contribution in [2.24, 2.45) is 0 Å². The molecular formula is C15H10BrCl5N2O. The minimum absolute atomic E-state index is 0.337. The predicted octanol–water partition coefficient (Wildman–Crippen LogP) is 6.29. The molecule has 0 saturated heterocycles. The third-order valence-corrected chi connectivity index (χ3v) is 4.86. The summed E-state index contributed by atoms with van der Waals surface area (Å²) < 4.78 is -0.942. The minimum Gasteiger partial charge on any atom is -0.362 e. The van der Waals surface area contributed by atoms with Gasteiger partial charge in [-0.15, -0.1) is 0 Å². The lowest BCUT2D eigenvalue weighted by Crippen LogP contribution is -2.49. The summed E-state index contributed by atoms with van der Waals surface area (Å²) in [6, 6.07) is 11.6. The fourth-order valence-corrected chi connectivity index (χ4v) is 2.66. The molecule has 0 aliphatic carbocycles. The van der Waals surface area contributed by atoms with Crippen molar-refractivity contribution in [1.82, 2.24) is 5.32 Å². The Morgan fingerprint density at radius 3 is 2.17 bits per heavy atom. The van der Waals surface area contributed by atoms with Crippen molar-refractivity contribution in [2.75, 3.05) is 5.32 Å². The molecule has 3 nitrogen and oxygen atoms in total. The van der Waals surface area contributed by atoms with Crippen molar-refractivity contribution >= 4 is 85.5 Å². The average molecular weight is 491 g/mol. The highest BCUT2D eigenvalue weighted by atomic mass is 79.9. The summed E-state index contributed by atoms with van der Waals surface area (Å²) in [5, 5.41) is 6.29. The van der Waals surface area contributed by atoms with Crippen molar-refractivity contribution in [3.63, 3.8) is 0 Å². The van der Waals surface area contributed by atoms with Crippen molar-refractivity contribution in [2.45, 2.75) is 9.96 Å². The lowest BCUT2D eigenvalue weighted by molar-refractivity contribution is 0.0942. The summed E-state index contributed by atoms with van der Waals surface area (Å²) in [5.41, 5.74) is 0.963. The molecule has 2 aromatic carbocycles. The summed E-state index contributed by atoms with van der Waals surface area (Å²) in [6.07, 6.45) is -0.990. The fourth-order valence-electron chi connectivity index (χ4n) is 1.77. The van der Waals surface area contributed by atoms with Gasteiger partial charge >= 0.3 is 0 Å². The molecule has 2 N–H and O–H groups in total. The largest absolute Gasteiger partial charge is 0.362 e. The number of alkyl halides is 3. The Kier molecular flexibility index (Phi) is 6.94. The number of anilines is 1. The van der Waals surface area contributed by atoms with Gasteiger partial charge in [0.15, 0.2) is 0 Å². The lowest BCUT2D eigenvalue weighted by Gasteiger charge is -2.27. The van der Waals surface area contributed by atoms with Crippen LogP contribution in [-0.4, -0.2) is 15.9 Å². The highest BCUT2D eigenvalue weighted by molar-refractivity contribution is 9.10. The number of hydrogen-bond donors (Lipinski definition) is 2. The molecule has 0 unspecified atom stereocenters. The van der Waals surface area contributed by atoms with Crippen LogP contribution in [0.3, 0.4) is 0 Å². The molecule has 0 fully saturated rings. The maximum Gasteiger partial charge on any atom is 0.252 e. The SMILES string of the molecule is O=C(N[C@@H](Nc1ccc(Cl)c(Cl)c1)C(Cl)(Cl)Cl)c1ccc(Br)cc1. The third-order valence-electron chi connectivity index (χ3n) is 2.94. The standard InChI is InChI=1S/C15H10BrCl5N2O/c16-9-3-1-8(2-4-9)13(24)23-14(15(19,20)21)22-10-5-6-11(17)12(18)7-10/h1-7,14,22H,(H,23,24)/t14-/m1/s1. The zero-order valence-electron chi connectivity index (χ0n) is 11.8. The molecule has 2 aromatic rings. The molecule has 0 spiro atoms. The first kappa shape index (κ1) is 20.0. The van der Waals surface area contributed by atoms with E-state index in [1.807, 2.05) is 0 Å². The highest BCUT2D eigenvalue weighted by Crippen LogP contribution is 2.32. The molecule has 2 rings (SSSR count). The summed E-state index contributed by atoms with van der Waals surface area (Å²) in [5.74, 6) is -0.397. The first-order valence-electron chi connectivity index (χ1n) is 6.51. The Morgan fingerprint density at radius 1 is 1.00 bits per heavy atom. The lowest BCUT2D eigenvalue weighted by atomic mass is 10.2. The number of rotatable bonds is 4. The van der Waals surface area contributed by atoms with E-state index in [1.165, 1.54) is 0 Å². The van der Waals surface area contributed by atoms with E-state index in [2.05, 4.69) is 26.6 Å². The molecule has 0 bridgehead atoms. The summed E-state index contributed by atoms with van der Waals surface area (Å²) >= 11 is 33.0. The fraction of sp³-hybridized carbons (Fsp3) is 0.133. The second-order valence-electron chi connectivity index (χ2n) is 4.73. The van der Waals surface area contributed by atoms with Gasteiger partial charge in [0.05, 0.1) is 10.0 Å². The summed E-state index contributed by atoms with van der Waals surface area (Å²) in [6.45, 7) is 0. The molecule has 0 heterocycles. The normalized spacial score (nSPS) is 12.6. The predicted molar refractivity (Wildman–Crippen MR) is 106 cm³/mol. The van der Waals surface area contributed by atoms with Crippen LogP contribution in [0.15, 0.2) is 46.9 Å². The van der Waals surface area contributed by atoms with E-state index in [9.17, 15) is 4.79 Å². The van der Waals surface area contributed by atoms with Crippen LogP contribution in [-0.2, 0) is 0 Å². The van der Waals surface area contributed by atoms with Gasteiger partial charge in [0, 0.05) is 15.7 Å². The van der Waals surface area contributed by atoms with Gasteiger partial charge in [-0.1, -0.05) is 73.9 Å². The van der Waals surface area contributed by atoms with Crippen molar-refractivity contribution in [3.05, 3.63) is 62.5 Å². The molecule has 1 amide bonds. The van der Waals surface area contributed by atoms with Crippen LogP contribution in [0.2, 0.25) is 10.0 Å². The molecule has 1 atom stereocenters. The van der Waals surface area contributed by atoms with Crippen LogP contribution in [0.1, 0.15) is 10.4 Å². The smallest absolute Gasteiger partial charge is 0.252 e. The van der Waals surface area contributed by atoms with Crippen LogP contribution in [0.25, 0.3) is 0 Å². The molecule has 0 aliphatic rings. The second-order valence-corrected chi connectivity index (χ2v) is 8.83. The van der Waals surface area contributed by atoms with Crippen LogP contribution in [0.5, 0.6) is 0 Å². The number of hydrogen-bond acceptors (Lipinski definition) is 2. The average Bonchev–Trinajstić information content (AvgIpc) is 2.50. The molecule has 0 aromatic heterocycles. The van der Waals surface area contributed by atoms with Gasteiger partial charge in [-0.25, -0.2) is 0 Å². The summed E-state index contributed by atoms with van der Waals surface area (Å²) in [7, 11) is 0. The maximum absolute atomic E-state index is 12.3. The first-order chi connectivity index (χ1) is 11.2. The molecule has 24 heavy (non-hydrogen) atoms. The van der Waals surface area contributed by atoms with Crippen molar-refractivity contribution in [3.8, 4) is 0 Å². The van der Waals surface area contributed by atoms with E-state index < -0.39 is 15.9 Å². The van der Waals surface area contributed by atoms with Gasteiger partial charge in [0.1, 0.15) is 6.17 Å². The van der Waals surface area contributed by atoms with Gasteiger partial charge in [-0.2, -0.15) is 0 Å². The summed E-state index contributed by atoms with van der Waals surface area (Å²) in [4.78, 5) is 12.3. The Bertz CT molecular complexity index is 734. The molecule has 128 valence electrons. The van der Waals surface area contributed by atoms with E-state index in [4.69, 9.17) is 58.0 Å². The second kappa shape index (κ2) is 8.35. The van der Waals surface area contributed by atoms with Crippen molar-refractivity contribution < 1.29 is 4.79 Å². The van der Waals surface area contributed by atoms with E-state index >= 15 is 0 Å². The zero-order chi connectivity index (χ0) is 17.9. The Morgan fingerprint density at radius 2 is 1.62 bits per heavy atom. The molecular weight excluding hydrogens is 481 g/mol.